The number of benzene rings is 1. The number of carbonyl (C=O) groups excluding carboxylic acids is 1. The van der Waals surface area contributed by atoms with Gasteiger partial charge >= 0.3 is 5.97 Å². The molecule has 0 aliphatic rings. The lowest BCUT2D eigenvalue weighted by molar-refractivity contribution is -0.160. The molecule has 1 amide bonds. The molecule has 0 radical (unpaired) electrons. The maximum Gasteiger partial charge on any atom is 0.334 e. The van der Waals surface area contributed by atoms with E-state index in [1.807, 2.05) is 0 Å². The molecule has 0 saturated heterocycles. The molecule has 0 aliphatic heterocycles. The Balaban J connectivity index is 3.56. The van der Waals surface area contributed by atoms with E-state index >= 15 is 0 Å². The van der Waals surface area contributed by atoms with Crippen molar-refractivity contribution in [3.63, 3.8) is 0 Å². The number of rotatable bonds is 4. The molecule has 1 unspecified atom stereocenters. The third-order valence-corrected chi connectivity index (χ3v) is 3.21. The third kappa shape index (κ3) is 2.64. The van der Waals surface area contributed by atoms with Crippen molar-refractivity contribution in [3.05, 3.63) is 35.4 Å². The van der Waals surface area contributed by atoms with Gasteiger partial charge in [0.15, 0.2) is 5.54 Å². The minimum absolute atomic E-state index is 0.254. The van der Waals surface area contributed by atoms with Gasteiger partial charge < -0.3 is 10.0 Å². The van der Waals surface area contributed by atoms with Gasteiger partial charge in [-0.25, -0.2) is 13.6 Å². The zero-order valence-corrected chi connectivity index (χ0v) is 11.8. The van der Waals surface area contributed by atoms with E-state index in [9.17, 15) is 23.5 Å². The summed E-state index contributed by atoms with van der Waals surface area (Å²) < 4.78 is 26.9. The lowest BCUT2D eigenvalue weighted by Gasteiger charge is -2.40. The quantitative estimate of drug-likeness (QED) is 0.924. The first-order chi connectivity index (χ1) is 9.12. The fraction of sp³-hybridized carbons (Fsp3) is 0.429. The van der Waals surface area contributed by atoms with Crippen LogP contribution in [0.2, 0.25) is 0 Å². The Kier molecular flexibility index (Phi) is 4.47. The molecule has 0 heterocycles. The molecule has 0 fully saturated rings. The molecular formula is C14H17F2NO3. The highest BCUT2D eigenvalue weighted by molar-refractivity contribution is 5.87. The number of hydrogen-bond acceptors (Lipinski definition) is 2. The maximum absolute atomic E-state index is 14.0. The van der Waals surface area contributed by atoms with Crippen LogP contribution in [0.5, 0.6) is 0 Å². The summed E-state index contributed by atoms with van der Waals surface area (Å²) in [7, 11) is 0. The van der Waals surface area contributed by atoms with Gasteiger partial charge in [-0.05, 0) is 26.8 Å². The van der Waals surface area contributed by atoms with Gasteiger partial charge in [0.1, 0.15) is 11.6 Å². The van der Waals surface area contributed by atoms with Crippen LogP contribution in [0.4, 0.5) is 8.78 Å². The van der Waals surface area contributed by atoms with Crippen LogP contribution in [0.15, 0.2) is 18.2 Å². The average molecular weight is 285 g/mol. The van der Waals surface area contributed by atoms with Crippen molar-refractivity contribution < 1.29 is 23.5 Å². The van der Waals surface area contributed by atoms with Gasteiger partial charge in [-0.3, -0.25) is 4.79 Å². The van der Waals surface area contributed by atoms with Crippen molar-refractivity contribution in [1.29, 1.82) is 0 Å². The minimum Gasteiger partial charge on any atom is -0.479 e. The number of nitrogens with zero attached hydrogens (tertiary/aromatic N) is 1. The molecule has 0 bridgehead atoms. The Morgan fingerprint density at radius 3 is 2.20 bits per heavy atom. The smallest absolute Gasteiger partial charge is 0.334 e. The summed E-state index contributed by atoms with van der Waals surface area (Å²) in [4.78, 5) is 24.5. The standard InChI is InChI=1S/C14H17F2NO3/c1-8(2)17(9(3)18)14(4,13(19)20)11-6-5-10(15)7-12(11)16/h5-8H,1-4H3,(H,19,20). The van der Waals surface area contributed by atoms with Gasteiger partial charge in [0.2, 0.25) is 5.91 Å². The Morgan fingerprint density at radius 1 is 1.30 bits per heavy atom. The van der Waals surface area contributed by atoms with Crippen LogP contribution < -0.4 is 0 Å². The van der Waals surface area contributed by atoms with Gasteiger partial charge in [0, 0.05) is 24.6 Å². The highest BCUT2D eigenvalue weighted by Crippen LogP contribution is 2.33. The first kappa shape index (κ1) is 16.1. The van der Waals surface area contributed by atoms with Crippen LogP contribution in [0, 0.1) is 11.6 Å². The largest absolute Gasteiger partial charge is 0.479 e. The molecule has 0 aromatic heterocycles. The van der Waals surface area contributed by atoms with Crippen LogP contribution in [0.1, 0.15) is 33.3 Å². The molecule has 6 heteroatoms. The lowest BCUT2D eigenvalue weighted by Crippen LogP contribution is -2.55. The highest BCUT2D eigenvalue weighted by Gasteiger charge is 2.46. The number of hydrogen-bond donors (Lipinski definition) is 1. The fourth-order valence-electron chi connectivity index (χ4n) is 2.43. The molecule has 1 aromatic rings. The first-order valence-electron chi connectivity index (χ1n) is 6.11. The van der Waals surface area contributed by atoms with E-state index in [4.69, 9.17) is 0 Å². The van der Waals surface area contributed by atoms with Gasteiger partial charge in [0.25, 0.3) is 0 Å². The van der Waals surface area contributed by atoms with Crippen molar-refractivity contribution in [2.75, 3.05) is 0 Å². The van der Waals surface area contributed by atoms with Crippen LogP contribution in [0.3, 0.4) is 0 Å². The van der Waals surface area contributed by atoms with Crippen LogP contribution >= 0.6 is 0 Å². The van der Waals surface area contributed by atoms with Crippen molar-refractivity contribution in [2.24, 2.45) is 0 Å². The van der Waals surface area contributed by atoms with E-state index in [0.717, 1.165) is 17.0 Å². The Labute approximate surface area is 116 Å². The summed E-state index contributed by atoms with van der Waals surface area (Å²) in [6.45, 7) is 5.70. The number of halogens is 2. The molecule has 20 heavy (non-hydrogen) atoms. The molecule has 4 nitrogen and oxygen atoms in total. The van der Waals surface area contributed by atoms with E-state index in [2.05, 4.69) is 0 Å². The van der Waals surface area contributed by atoms with Gasteiger partial charge in [-0.1, -0.05) is 6.07 Å². The summed E-state index contributed by atoms with van der Waals surface area (Å²) in [6, 6.07) is 2.17. The fourth-order valence-corrected chi connectivity index (χ4v) is 2.43. The van der Waals surface area contributed by atoms with Crippen molar-refractivity contribution >= 4 is 11.9 Å². The predicted molar refractivity (Wildman–Crippen MR) is 69.0 cm³/mol. The number of carbonyl (C=O) groups is 2. The molecule has 0 spiro atoms. The van der Waals surface area contributed by atoms with E-state index in [-0.39, 0.29) is 5.56 Å². The minimum atomic E-state index is -1.90. The monoisotopic (exact) mass is 285 g/mol. The Bertz CT molecular complexity index is 545. The van der Waals surface area contributed by atoms with Crippen LogP contribution in [0.25, 0.3) is 0 Å². The molecule has 1 rings (SSSR count). The zero-order valence-electron chi connectivity index (χ0n) is 11.8. The van der Waals surface area contributed by atoms with Crippen molar-refractivity contribution in [2.45, 2.75) is 39.3 Å². The first-order valence-corrected chi connectivity index (χ1v) is 6.11. The summed E-state index contributed by atoms with van der Waals surface area (Å²) in [6.07, 6.45) is 0. The molecular weight excluding hydrogens is 268 g/mol. The van der Waals surface area contributed by atoms with Crippen molar-refractivity contribution in [1.82, 2.24) is 4.90 Å². The molecule has 1 N–H and O–H groups in total. The maximum atomic E-state index is 14.0. The number of aliphatic carboxylic acids is 1. The molecule has 0 aliphatic carbocycles. The third-order valence-electron chi connectivity index (χ3n) is 3.21. The van der Waals surface area contributed by atoms with Crippen LogP contribution in [-0.4, -0.2) is 27.9 Å². The molecule has 1 atom stereocenters. The molecule has 1 aromatic carbocycles. The van der Waals surface area contributed by atoms with E-state index in [1.54, 1.807) is 13.8 Å². The Morgan fingerprint density at radius 2 is 1.85 bits per heavy atom. The van der Waals surface area contributed by atoms with E-state index in [0.29, 0.717) is 6.07 Å². The van der Waals surface area contributed by atoms with Gasteiger partial charge in [-0.2, -0.15) is 0 Å². The van der Waals surface area contributed by atoms with E-state index < -0.39 is 35.1 Å². The Hall–Kier alpha value is -1.98. The van der Waals surface area contributed by atoms with Gasteiger partial charge in [-0.15, -0.1) is 0 Å². The summed E-state index contributed by atoms with van der Waals surface area (Å²) in [5.74, 6) is -3.69. The molecule has 110 valence electrons. The summed E-state index contributed by atoms with van der Waals surface area (Å²) in [5, 5.41) is 9.49. The second-order valence-corrected chi connectivity index (χ2v) is 4.98. The number of amides is 1. The lowest BCUT2D eigenvalue weighted by atomic mass is 9.88. The second-order valence-electron chi connectivity index (χ2n) is 4.98. The van der Waals surface area contributed by atoms with Gasteiger partial charge in [0.05, 0.1) is 0 Å². The van der Waals surface area contributed by atoms with E-state index in [1.165, 1.54) is 13.8 Å². The summed E-state index contributed by atoms with van der Waals surface area (Å²) in [5.41, 5.74) is -2.16. The zero-order chi connectivity index (χ0) is 15.7. The van der Waals surface area contributed by atoms with Crippen molar-refractivity contribution in [3.8, 4) is 0 Å². The topological polar surface area (TPSA) is 57.6 Å². The second kappa shape index (κ2) is 5.56. The SMILES string of the molecule is CC(=O)N(C(C)C)C(C)(C(=O)O)c1ccc(F)cc1F. The predicted octanol–water partition coefficient (Wildman–Crippen LogP) is 2.52. The summed E-state index contributed by atoms with van der Waals surface area (Å²) >= 11 is 0. The number of carboxylic acids is 1. The highest BCUT2D eigenvalue weighted by atomic mass is 19.1. The number of carboxylic acid groups (broad SMARTS) is 1. The van der Waals surface area contributed by atoms with Crippen LogP contribution in [-0.2, 0) is 15.1 Å². The molecule has 0 saturated carbocycles. The normalized spacial score (nSPS) is 13.9. The average Bonchev–Trinajstić information content (AvgIpc) is 2.26.